The van der Waals surface area contributed by atoms with Crippen LogP contribution in [0.3, 0.4) is 0 Å². The Hall–Kier alpha value is -1.73. The molecular weight excluding hydrogens is 218 g/mol. The van der Waals surface area contributed by atoms with Crippen LogP contribution in [0.5, 0.6) is 0 Å². The predicted octanol–water partition coefficient (Wildman–Crippen LogP) is 2.10. The van der Waals surface area contributed by atoms with Crippen LogP contribution in [-0.4, -0.2) is 0 Å². The molecule has 16 heavy (non-hydrogen) atoms. The van der Waals surface area contributed by atoms with Gasteiger partial charge in [0.15, 0.2) is 0 Å². The number of anilines is 1. The van der Waals surface area contributed by atoms with Gasteiger partial charge < -0.3 is 5.32 Å². The van der Waals surface area contributed by atoms with Crippen LogP contribution < -0.4 is 15.8 Å². The average molecular weight is 230 g/mol. The Balaban J connectivity index is 0.000000963. The topological polar surface area (TPSA) is 12.0 Å². The Bertz CT molecular complexity index is 617. The van der Waals surface area contributed by atoms with Gasteiger partial charge >= 0.3 is 0 Å². The van der Waals surface area contributed by atoms with Crippen LogP contribution in [0.1, 0.15) is 5.56 Å². The molecule has 0 saturated heterocycles. The Kier molecular flexibility index (Phi) is 2.97. The van der Waals surface area contributed by atoms with E-state index in [9.17, 15) is 0 Å². The summed E-state index contributed by atoms with van der Waals surface area (Å²) >= 11 is 0. The third-order valence-electron chi connectivity index (χ3n) is 2.65. The third kappa shape index (κ3) is 1.82. The van der Waals surface area contributed by atoms with E-state index in [4.69, 9.17) is 0 Å². The molecule has 80 valence electrons. The number of hydrogen-bond acceptors (Lipinski definition) is 1. The fraction of sp³-hybridized carbons (Fsp3) is 0. The van der Waals surface area contributed by atoms with Crippen LogP contribution >= 0.6 is 12.4 Å². The minimum absolute atomic E-state index is 0. The fourth-order valence-electron chi connectivity index (χ4n) is 1.85. The van der Waals surface area contributed by atoms with Crippen molar-refractivity contribution in [3.8, 4) is 0 Å². The smallest absolute Gasteiger partial charge is 0.0453 e. The molecule has 0 amide bonds. The quantitative estimate of drug-likeness (QED) is 0.730. The molecule has 1 N–H and O–H groups in total. The largest absolute Gasteiger partial charge is 0.361 e. The van der Waals surface area contributed by atoms with Gasteiger partial charge in [0.2, 0.25) is 0 Å². The molecule has 0 spiro atoms. The first-order chi connectivity index (χ1) is 7.43. The monoisotopic (exact) mass is 229 g/mol. The van der Waals surface area contributed by atoms with Gasteiger partial charge in [-0.05, 0) is 28.1 Å². The van der Waals surface area contributed by atoms with Crippen molar-refractivity contribution in [2.45, 2.75) is 0 Å². The van der Waals surface area contributed by atoms with Gasteiger partial charge in [0.25, 0.3) is 0 Å². The standard InChI is InChI=1S/C14H11N.ClH/c1-2-7-13-10-15-14-8-4-3-6-12(14)9-11(13)5-1;/h1-10,15H;1H. The molecule has 0 unspecified atom stereocenters. The highest BCUT2D eigenvalue weighted by Gasteiger charge is 1.99. The van der Waals surface area contributed by atoms with E-state index in [1.165, 1.54) is 16.0 Å². The van der Waals surface area contributed by atoms with Crippen LogP contribution in [-0.2, 0) is 0 Å². The zero-order chi connectivity index (χ0) is 10.1. The Morgan fingerprint density at radius 1 is 0.750 bits per heavy atom. The maximum atomic E-state index is 3.33. The van der Waals surface area contributed by atoms with Crippen LogP contribution in [0.4, 0.5) is 5.69 Å². The second-order valence-corrected chi connectivity index (χ2v) is 3.65. The molecule has 3 rings (SSSR count). The van der Waals surface area contributed by atoms with Gasteiger partial charge in [-0.15, -0.1) is 12.4 Å². The van der Waals surface area contributed by atoms with E-state index in [0.717, 1.165) is 5.69 Å². The molecule has 1 nitrogen and oxygen atoms in total. The zero-order valence-corrected chi connectivity index (χ0v) is 9.50. The van der Waals surface area contributed by atoms with E-state index >= 15 is 0 Å². The molecule has 1 aliphatic heterocycles. The van der Waals surface area contributed by atoms with Crippen molar-refractivity contribution in [3.63, 3.8) is 0 Å². The minimum Gasteiger partial charge on any atom is -0.361 e. The lowest BCUT2D eigenvalue weighted by molar-refractivity contribution is 1.52. The summed E-state index contributed by atoms with van der Waals surface area (Å²) in [6.07, 6.45) is 4.26. The molecule has 1 aliphatic rings. The summed E-state index contributed by atoms with van der Waals surface area (Å²) in [6.45, 7) is 0. The van der Waals surface area contributed by atoms with Crippen molar-refractivity contribution in [2.24, 2.45) is 0 Å². The van der Waals surface area contributed by atoms with Gasteiger partial charge in [0.1, 0.15) is 0 Å². The van der Waals surface area contributed by atoms with E-state index in [2.05, 4.69) is 60.1 Å². The van der Waals surface area contributed by atoms with Crippen LogP contribution in [0.15, 0.2) is 48.5 Å². The first-order valence-corrected chi connectivity index (χ1v) is 5.06. The van der Waals surface area contributed by atoms with E-state index in [1.54, 1.807) is 0 Å². The summed E-state index contributed by atoms with van der Waals surface area (Å²) in [7, 11) is 0. The zero-order valence-electron chi connectivity index (χ0n) is 8.68. The first kappa shape index (κ1) is 10.8. The molecule has 0 fully saturated rings. The summed E-state index contributed by atoms with van der Waals surface area (Å²) in [5, 5.41) is 5.81. The Labute approximate surface area is 101 Å². The van der Waals surface area contributed by atoms with Gasteiger partial charge in [0.05, 0.1) is 0 Å². The molecule has 0 bridgehead atoms. The molecule has 0 radical (unpaired) electrons. The fourth-order valence-corrected chi connectivity index (χ4v) is 1.85. The summed E-state index contributed by atoms with van der Waals surface area (Å²) in [6, 6.07) is 16.7. The Morgan fingerprint density at radius 3 is 2.31 bits per heavy atom. The van der Waals surface area contributed by atoms with Gasteiger partial charge in [0, 0.05) is 11.9 Å². The van der Waals surface area contributed by atoms with Gasteiger partial charge in [-0.25, -0.2) is 0 Å². The van der Waals surface area contributed by atoms with Crippen molar-refractivity contribution in [3.05, 3.63) is 64.5 Å². The van der Waals surface area contributed by atoms with Crippen molar-refractivity contribution >= 4 is 30.4 Å². The molecule has 2 heteroatoms. The molecular formula is C14H12ClN. The summed E-state index contributed by atoms with van der Waals surface area (Å²) in [5.74, 6) is 0. The van der Waals surface area contributed by atoms with Gasteiger partial charge in [-0.1, -0.05) is 42.5 Å². The second kappa shape index (κ2) is 4.42. The van der Waals surface area contributed by atoms with Crippen molar-refractivity contribution < 1.29 is 0 Å². The number of nitrogens with one attached hydrogen (secondary N) is 1. The van der Waals surface area contributed by atoms with E-state index in [0.29, 0.717) is 0 Å². The lowest BCUT2D eigenvalue weighted by atomic mass is 10.1. The Morgan fingerprint density at radius 2 is 1.44 bits per heavy atom. The molecule has 0 saturated carbocycles. The lowest BCUT2D eigenvalue weighted by Crippen LogP contribution is -2.23. The highest BCUT2D eigenvalue weighted by molar-refractivity contribution is 5.85. The number of halogens is 1. The van der Waals surface area contributed by atoms with Crippen molar-refractivity contribution in [2.75, 3.05) is 5.32 Å². The normalized spacial score (nSPS) is 11.5. The molecule has 0 atom stereocenters. The number of hydrogen-bond donors (Lipinski definition) is 1. The number of benzene rings is 2. The van der Waals surface area contributed by atoms with Crippen LogP contribution in [0.25, 0.3) is 12.3 Å². The van der Waals surface area contributed by atoms with Crippen LogP contribution in [0, 0.1) is 0 Å². The number of para-hydroxylation sites is 1. The van der Waals surface area contributed by atoms with Gasteiger partial charge in [-0.2, -0.15) is 0 Å². The molecule has 0 aliphatic carbocycles. The number of rotatable bonds is 0. The highest BCUT2D eigenvalue weighted by atomic mass is 35.5. The van der Waals surface area contributed by atoms with Gasteiger partial charge in [-0.3, -0.25) is 0 Å². The minimum atomic E-state index is 0. The highest BCUT2D eigenvalue weighted by Crippen LogP contribution is 2.15. The summed E-state index contributed by atoms with van der Waals surface area (Å²) in [4.78, 5) is 0. The maximum absolute atomic E-state index is 3.33. The first-order valence-electron chi connectivity index (χ1n) is 5.06. The molecule has 2 aromatic rings. The van der Waals surface area contributed by atoms with Crippen LogP contribution in [0.2, 0.25) is 0 Å². The van der Waals surface area contributed by atoms with E-state index in [1.807, 2.05) is 6.07 Å². The third-order valence-corrected chi connectivity index (χ3v) is 2.65. The SMILES string of the molecule is C1=c2ccccc2=Cc2ccccc2N1.Cl. The molecule has 2 aromatic carbocycles. The predicted molar refractivity (Wildman–Crippen MR) is 71.0 cm³/mol. The summed E-state index contributed by atoms with van der Waals surface area (Å²) < 4.78 is 0. The van der Waals surface area contributed by atoms with E-state index in [-0.39, 0.29) is 12.4 Å². The average Bonchev–Trinajstić information content (AvgIpc) is 2.48. The summed E-state index contributed by atoms with van der Waals surface area (Å²) in [5.41, 5.74) is 2.40. The second-order valence-electron chi connectivity index (χ2n) is 3.65. The molecule has 1 heterocycles. The number of fused-ring (bicyclic) bond motifs is 2. The van der Waals surface area contributed by atoms with E-state index < -0.39 is 0 Å². The maximum Gasteiger partial charge on any atom is 0.0453 e. The van der Waals surface area contributed by atoms with Crippen molar-refractivity contribution in [1.29, 1.82) is 0 Å². The van der Waals surface area contributed by atoms with Crippen molar-refractivity contribution in [1.82, 2.24) is 0 Å². The lowest BCUT2D eigenvalue weighted by Gasteiger charge is -2.02. The molecule has 0 aromatic heterocycles.